The molecular formula is C10H13NO2S. The Morgan fingerprint density at radius 1 is 1.71 bits per heavy atom. The van der Waals surface area contributed by atoms with Crippen molar-refractivity contribution in [3.05, 3.63) is 34.7 Å². The normalized spacial score (nSPS) is 12.7. The zero-order valence-corrected chi connectivity index (χ0v) is 9.01. The summed E-state index contributed by atoms with van der Waals surface area (Å²) in [6.45, 7) is 2.03. The summed E-state index contributed by atoms with van der Waals surface area (Å²) in [7, 11) is 1.36. The minimum atomic E-state index is -0.352. The molecule has 0 bridgehead atoms. The van der Waals surface area contributed by atoms with Gasteiger partial charge in [-0.25, -0.2) is 4.79 Å². The SMILES string of the molecule is COC(=O)/C=C/NC(C)c1ccsc1. The molecule has 0 aliphatic carbocycles. The highest BCUT2D eigenvalue weighted by atomic mass is 32.1. The molecule has 0 saturated carbocycles. The van der Waals surface area contributed by atoms with Crippen molar-refractivity contribution in [1.82, 2.24) is 5.32 Å². The lowest BCUT2D eigenvalue weighted by atomic mass is 10.2. The van der Waals surface area contributed by atoms with E-state index < -0.39 is 0 Å². The molecule has 1 unspecified atom stereocenters. The van der Waals surface area contributed by atoms with E-state index in [1.54, 1.807) is 17.5 Å². The van der Waals surface area contributed by atoms with E-state index in [9.17, 15) is 4.79 Å². The van der Waals surface area contributed by atoms with Gasteiger partial charge in [-0.15, -0.1) is 0 Å². The zero-order valence-electron chi connectivity index (χ0n) is 8.19. The van der Waals surface area contributed by atoms with Crippen molar-refractivity contribution in [2.75, 3.05) is 7.11 Å². The van der Waals surface area contributed by atoms with Crippen LogP contribution in [0.4, 0.5) is 0 Å². The number of esters is 1. The fourth-order valence-corrected chi connectivity index (χ4v) is 1.70. The van der Waals surface area contributed by atoms with Crippen LogP contribution in [0.3, 0.4) is 0 Å². The second-order valence-electron chi connectivity index (χ2n) is 2.80. The summed E-state index contributed by atoms with van der Waals surface area (Å²) < 4.78 is 4.46. The average Bonchev–Trinajstić information content (AvgIpc) is 2.70. The van der Waals surface area contributed by atoms with Crippen molar-refractivity contribution in [1.29, 1.82) is 0 Å². The molecule has 0 fully saturated rings. The van der Waals surface area contributed by atoms with Crippen molar-refractivity contribution < 1.29 is 9.53 Å². The van der Waals surface area contributed by atoms with Gasteiger partial charge in [-0.1, -0.05) is 0 Å². The van der Waals surface area contributed by atoms with E-state index in [0.29, 0.717) is 0 Å². The topological polar surface area (TPSA) is 38.3 Å². The predicted molar refractivity (Wildman–Crippen MR) is 57.0 cm³/mol. The number of methoxy groups -OCH3 is 1. The lowest BCUT2D eigenvalue weighted by molar-refractivity contribution is -0.134. The van der Waals surface area contributed by atoms with Gasteiger partial charge in [-0.05, 0) is 29.3 Å². The molecule has 0 aliphatic rings. The Hall–Kier alpha value is -1.29. The smallest absolute Gasteiger partial charge is 0.331 e. The van der Waals surface area contributed by atoms with E-state index in [-0.39, 0.29) is 12.0 Å². The lowest BCUT2D eigenvalue weighted by Crippen LogP contribution is -2.11. The fourth-order valence-electron chi connectivity index (χ4n) is 0.946. The van der Waals surface area contributed by atoms with Crippen LogP contribution in [0, 0.1) is 0 Å². The summed E-state index contributed by atoms with van der Waals surface area (Å²) in [5, 5.41) is 7.17. The van der Waals surface area contributed by atoms with E-state index in [1.807, 2.05) is 18.4 Å². The summed E-state index contributed by atoms with van der Waals surface area (Å²) in [6.07, 6.45) is 2.97. The van der Waals surface area contributed by atoms with Crippen LogP contribution in [0.2, 0.25) is 0 Å². The standard InChI is InChI=1S/C10H13NO2S/c1-8(9-4-6-14-7-9)11-5-3-10(12)13-2/h3-8,11H,1-2H3/b5-3+. The highest BCUT2D eigenvalue weighted by Crippen LogP contribution is 2.15. The van der Waals surface area contributed by atoms with Crippen LogP contribution in [0.15, 0.2) is 29.1 Å². The van der Waals surface area contributed by atoms with Crippen LogP contribution < -0.4 is 5.32 Å². The first-order valence-corrected chi connectivity index (χ1v) is 5.21. The van der Waals surface area contributed by atoms with Gasteiger partial charge in [-0.2, -0.15) is 11.3 Å². The maximum atomic E-state index is 10.7. The molecule has 0 radical (unpaired) electrons. The summed E-state index contributed by atoms with van der Waals surface area (Å²) >= 11 is 1.66. The first kappa shape index (κ1) is 10.8. The molecule has 1 aromatic rings. The molecule has 0 aliphatic heterocycles. The first-order valence-electron chi connectivity index (χ1n) is 4.26. The van der Waals surface area contributed by atoms with E-state index in [4.69, 9.17) is 0 Å². The Labute approximate surface area is 87.4 Å². The number of carbonyl (C=O) groups excluding carboxylic acids is 1. The molecule has 0 saturated heterocycles. The molecular weight excluding hydrogens is 198 g/mol. The van der Waals surface area contributed by atoms with Gasteiger partial charge in [0.25, 0.3) is 0 Å². The van der Waals surface area contributed by atoms with Gasteiger partial charge in [0.2, 0.25) is 0 Å². The molecule has 76 valence electrons. The predicted octanol–water partition coefficient (Wildman–Crippen LogP) is 2.09. The average molecular weight is 211 g/mol. The number of rotatable bonds is 4. The highest BCUT2D eigenvalue weighted by Gasteiger charge is 2.01. The van der Waals surface area contributed by atoms with Crippen molar-refractivity contribution in [2.24, 2.45) is 0 Å². The number of thiophene rings is 1. The Morgan fingerprint density at radius 3 is 3.07 bits per heavy atom. The van der Waals surface area contributed by atoms with Crippen LogP contribution in [-0.2, 0) is 9.53 Å². The third kappa shape index (κ3) is 3.22. The van der Waals surface area contributed by atoms with Crippen molar-refractivity contribution in [3.63, 3.8) is 0 Å². The second kappa shape index (κ2) is 5.44. The number of ether oxygens (including phenoxy) is 1. The molecule has 0 aromatic carbocycles. The van der Waals surface area contributed by atoms with Gasteiger partial charge in [0.15, 0.2) is 0 Å². The van der Waals surface area contributed by atoms with E-state index in [2.05, 4.69) is 15.4 Å². The van der Waals surface area contributed by atoms with E-state index in [1.165, 1.54) is 18.7 Å². The minimum absolute atomic E-state index is 0.210. The largest absolute Gasteiger partial charge is 0.466 e. The monoisotopic (exact) mass is 211 g/mol. The number of carbonyl (C=O) groups is 1. The fraction of sp³-hybridized carbons (Fsp3) is 0.300. The third-order valence-electron chi connectivity index (χ3n) is 1.81. The maximum absolute atomic E-state index is 10.7. The summed E-state index contributed by atoms with van der Waals surface area (Å²) in [5.74, 6) is -0.352. The minimum Gasteiger partial charge on any atom is -0.466 e. The lowest BCUT2D eigenvalue weighted by Gasteiger charge is -2.08. The Kier molecular flexibility index (Phi) is 4.19. The van der Waals surface area contributed by atoms with Gasteiger partial charge in [0.05, 0.1) is 7.11 Å². The van der Waals surface area contributed by atoms with Gasteiger partial charge in [-0.3, -0.25) is 0 Å². The van der Waals surface area contributed by atoms with E-state index in [0.717, 1.165) is 0 Å². The van der Waals surface area contributed by atoms with Gasteiger partial charge < -0.3 is 10.1 Å². The zero-order chi connectivity index (χ0) is 10.4. The molecule has 1 heterocycles. The third-order valence-corrected chi connectivity index (χ3v) is 2.51. The number of hydrogen-bond donors (Lipinski definition) is 1. The summed E-state index contributed by atoms with van der Waals surface area (Å²) in [6, 6.07) is 2.26. The van der Waals surface area contributed by atoms with Crippen LogP contribution in [-0.4, -0.2) is 13.1 Å². The molecule has 14 heavy (non-hydrogen) atoms. The molecule has 3 nitrogen and oxygen atoms in total. The summed E-state index contributed by atoms with van der Waals surface area (Å²) in [5.41, 5.74) is 1.21. The summed E-state index contributed by atoms with van der Waals surface area (Å²) in [4.78, 5) is 10.7. The van der Waals surface area contributed by atoms with Crippen LogP contribution in [0.5, 0.6) is 0 Å². The Bertz CT molecular complexity index is 306. The number of nitrogens with one attached hydrogen (secondary N) is 1. The molecule has 1 atom stereocenters. The molecule has 1 aromatic heterocycles. The maximum Gasteiger partial charge on any atom is 0.331 e. The van der Waals surface area contributed by atoms with Crippen LogP contribution in [0.25, 0.3) is 0 Å². The highest BCUT2D eigenvalue weighted by molar-refractivity contribution is 7.07. The second-order valence-corrected chi connectivity index (χ2v) is 3.58. The number of hydrogen-bond acceptors (Lipinski definition) is 4. The Morgan fingerprint density at radius 2 is 2.50 bits per heavy atom. The quantitative estimate of drug-likeness (QED) is 0.612. The van der Waals surface area contributed by atoms with Crippen LogP contribution in [0.1, 0.15) is 18.5 Å². The Balaban J connectivity index is 2.39. The molecule has 4 heteroatoms. The van der Waals surface area contributed by atoms with Crippen molar-refractivity contribution >= 4 is 17.3 Å². The van der Waals surface area contributed by atoms with E-state index >= 15 is 0 Å². The van der Waals surface area contributed by atoms with Crippen molar-refractivity contribution in [3.8, 4) is 0 Å². The first-order chi connectivity index (χ1) is 6.74. The van der Waals surface area contributed by atoms with Gasteiger partial charge in [0, 0.05) is 18.3 Å². The van der Waals surface area contributed by atoms with Gasteiger partial charge in [0.1, 0.15) is 0 Å². The molecule has 1 rings (SSSR count). The van der Waals surface area contributed by atoms with Crippen molar-refractivity contribution in [2.45, 2.75) is 13.0 Å². The van der Waals surface area contributed by atoms with Crippen LogP contribution >= 0.6 is 11.3 Å². The molecule has 0 spiro atoms. The van der Waals surface area contributed by atoms with Gasteiger partial charge >= 0.3 is 5.97 Å². The molecule has 0 amide bonds. The molecule has 1 N–H and O–H groups in total.